The number of hydrogen-bond acceptors (Lipinski definition) is 3. The molecule has 2 aromatic carbocycles. The van der Waals surface area contributed by atoms with Gasteiger partial charge in [0.05, 0.1) is 12.3 Å². The fraction of sp³-hybridized carbons (Fsp3) is 0.118. The van der Waals surface area contributed by atoms with Crippen LogP contribution >= 0.6 is 0 Å². The summed E-state index contributed by atoms with van der Waals surface area (Å²) in [6.45, 7) is 0. The second-order valence-corrected chi connectivity index (χ2v) is 4.59. The second kappa shape index (κ2) is 5.20. The molecule has 0 amide bonds. The van der Waals surface area contributed by atoms with Crippen molar-refractivity contribution >= 4 is 11.0 Å². The van der Waals surface area contributed by atoms with Crippen LogP contribution in [0.4, 0.5) is 0 Å². The number of furan rings is 1. The molecular weight excluding hydrogens is 248 g/mol. The molecule has 1 atom stereocenters. The maximum Gasteiger partial charge on any atom is 0.140 e. The van der Waals surface area contributed by atoms with Gasteiger partial charge in [-0.05, 0) is 12.6 Å². The van der Waals surface area contributed by atoms with Crippen molar-refractivity contribution in [3.05, 3.63) is 60.4 Å². The maximum atomic E-state index is 9.21. The van der Waals surface area contributed by atoms with E-state index >= 15 is 0 Å². The smallest absolute Gasteiger partial charge is 0.140 e. The molecule has 1 N–H and O–H groups in total. The molecule has 3 heteroatoms. The lowest BCUT2D eigenvalue weighted by Crippen LogP contribution is -2.14. The Hall–Kier alpha value is -2.57. The van der Waals surface area contributed by atoms with Gasteiger partial charge in [0.2, 0.25) is 0 Å². The number of para-hydroxylation sites is 1. The molecule has 0 aliphatic heterocycles. The molecule has 98 valence electrons. The number of nitriles is 1. The Morgan fingerprint density at radius 3 is 2.60 bits per heavy atom. The molecule has 3 aromatic rings. The van der Waals surface area contributed by atoms with Crippen LogP contribution in [0.25, 0.3) is 22.1 Å². The van der Waals surface area contributed by atoms with Crippen molar-refractivity contribution in [1.29, 1.82) is 5.26 Å². The predicted molar refractivity (Wildman–Crippen MR) is 79.1 cm³/mol. The monoisotopic (exact) mass is 262 g/mol. The minimum atomic E-state index is -0.367. The van der Waals surface area contributed by atoms with Crippen LogP contribution in [0.1, 0.15) is 11.6 Å². The fourth-order valence-corrected chi connectivity index (χ4v) is 2.44. The van der Waals surface area contributed by atoms with Crippen molar-refractivity contribution in [1.82, 2.24) is 5.32 Å². The number of rotatable bonds is 3. The minimum absolute atomic E-state index is 0.367. The van der Waals surface area contributed by atoms with Gasteiger partial charge >= 0.3 is 0 Å². The standard InChI is InChI=1S/C17H14N2O/c1-19-16(10-18)14-9-5-8-13-15(11-20-17(13)14)12-6-3-2-4-7-12/h2-9,11,16,19H,1H3. The molecule has 0 bridgehead atoms. The summed E-state index contributed by atoms with van der Waals surface area (Å²) in [5.74, 6) is 0. The van der Waals surface area contributed by atoms with E-state index in [-0.39, 0.29) is 6.04 Å². The van der Waals surface area contributed by atoms with Crippen molar-refractivity contribution in [3.63, 3.8) is 0 Å². The normalized spacial score (nSPS) is 12.2. The average molecular weight is 262 g/mol. The Morgan fingerprint density at radius 1 is 1.10 bits per heavy atom. The highest BCUT2D eigenvalue weighted by Gasteiger charge is 2.16. The summed E-state index contributed by atoms with van der Waals surface area (Å²) in [4.78, 5) is 0. The van der Waals surface area contributed by atoms with Gasteiger partial charge in [-0.15, -0.1) is 0 Å². The van der Waals surface area contributed by atoms with Crippen molar-refractivity contribution in [2.24, 2.45) is 0 Å². The van der Waals surface area contributed by atoms with Crippen LogP contribution in [-0.4, -0.2) is 7.05 Å². The molecule has 0 saturated heterocycles. The Labute approximate surface area is 117 Å². The minimum Gasteiger partial charge on any atom is -0.463 e. The van der Waals surface area contributed by atoms with E-state index in [1.54, 1.807) is 13.3 Å². The molecule has 1 unspecified atom stereocenters. The van der Waals surface area contributed by atoms with Crippen LogP contribution in [0.15, 0.2) is 59.2 Å². The summed E-state index contributed by atoms with van der Waals surface area (Å²) in [6.07, 6.45) is 1.76. The molecule has 0 radical (unpaired) electrons. The lowest BCUT2D eigenvalue weighted by molar-refractivity contribution is 0.603. The molecule has 0 aliphatic rings. The van der Waals surface area contributed by atoms with Crippen LogP contribution in [0, 0.1) is 11.3 Å². The van der Waals surface area contributed by atoms with Crippen molar-refractivity contribution in [2.75, 3.05) is 7.05 Å². The van der Waals surface area contributed by atoms with Gasteiger partial charge in [-0.1, -0.05) is 48.5 Å². The molecule has 3 nitrogen and oxygen atoms in total. The predicted octanol–water partition coefficient (Wildman–Crippen LogP) is 3.88. The van der Waals surface area contributed by atoms with Gasteiger partial charge in [0.1, 0.15) is 11.6 Å². The van der Waals surface area contributed by atoms with E-state index in [0.717, 1.165) is 27.7 Å². The summed E-state index contributed by atoms with van der Waals surface area (Å²) in [6, 6.07) is 17.9. The van der Waals surface area contributed by atoms with E-state index in [2.05, 4.69) is 23.5 Å². The molecule has 0 aliphatic carbocycles. The first-order valence-electron chi connectivity index (χ1n) is 6.47. The molecule has 1 aromatic heterocycles. The van der Waals surface area contributed by atoms with Crippen molar-refractivity contribution < 1.29 is 4.42 Å². The van der Waals surface area contributed by atoms with Crippen LogP contribution in [-0.2, 0) is 0 Å². The highest BCUT2D eigenvalue weighted by Crippen LogP contribution is 2.34. The molecule has 20 heavy (non-hydrogen) atoms. The van der Waals surface area contributed by atoms with Crippen LogP contribution < -0.4 is 5.32 Å². The van der Waals surface area contributed by atoms with Crippen LogP contribution in [0.2, 0.25) is 0 Å². The molecule has 3 rings (SSSR count). The molecule has 0 saturated carbocycles. The molecule has 0 spiro atoms. The van der Waals surface area contributed by atoms with Gasteiger partial charge < -0.3 is 9.73 Å². The fourth-order valence-electron chi connectivity index (χ4n) is 2.44. The third kappa shape index (κ3) is 1.97. The summed E-state index contributed by atoms with van der Waals surface area (Å²) in [5.41, 5.74) is 3.80. The molecular formula is C17H14N2O. The Kier molecular flexibility index (Phi) is 3.24. The molecule has 1 heterocycles. The number of nitrogens with zero attached hydrogens (tertiary/aromatic N) is 1. The Balaban J connectivity index is 2.21. The summed E-state index contributed by atoms with van der Waals surface area (Å²) >= 11 is 0. The van der Waals surface area contributed by atoms with Gasteiger partial charge in [-0.2, -0.15) is 5.26 Å². The van der Waals surface area contributed by atoms with E-state index in [9.17, 15) is 5.26 Å². The largest absolute Gasteiger partial charge is 0.463 e. The molecule has 0 fully saturated rings. The highest BCUT2D eigenvalue weighted by molar-refractivity contribution is 5.95. The van der Waals surface area contributed by atoms with Crippen LogP contribution in [0.3, 0.4) is 0 Å². The zero-order valence-corrected chi connectivity index (χ0v) is 11.1. The van der Waals surface area contributed by atoms with E-state index in [1.165, 1.54) is 0 Å². The average Bonchev–Trinajstić information content (AvgIpc) is 2.94. The van der Waals surface area contributed by atoms with Gasteiger partial charge in [0.15, 0.2) is 0 Å². The first kappa shape index (κ1) is 12.5. The quantitative estimate of drug-likeness (QED) is 0.779. The first-order valence-corrected chi connectivity index (χ1v) is 6.47. The zero-order valence-electron chi connectivity index (χ0n) is 11.1. The van der Waals surface area contributed by atoms with E-state index in [0.29, 0.717) is 0 Å². The van der Waals surface area contributed by atoms with E-state index in [4.69, 9.17) is 4.42 Å². The van der Waals surface area contributed by atoms with Gasteiger partial charge in [-0.25, -0.2) is 0 Å². The summed E-state index contributed by atoms with van der Waals surface area (Å²) in [5, 5.41) is 13.2. The second-order valence-electron chi connectivity index (χ2n) is 4.59. The number of fused-ring (bicyclic) bond motifs is 1. The topological polar surface area (TPSA) is 49.0 Å². The third-order valence-corrected chi connectivity index (χ3v) is 3.44. The highest BCUT2D eigenvalue weighted by atomic mass is 16.3. The number of nitrogens with one attached hydrogen (secondary N) is 1. The SMILES string of the molecule is CNC(C#N)c1cccc2c(-c3ccccc3)coc12. The van der Waals surface area contributed by atoms with Crippen molar-refractivity contribution in [3.8, 4) is 17.2 Å². The zero-order chi connectivity index (χ0) is 13.9. The first-order chi connectivity index (χ1) is 9.85. The third-order valence-electron chi connectivity index (χ3n) is 3.44. The maximum absolute atomic E-state index is 9.21. The summed E-state index contributed by atoms with van der Waals surface area (Å²) in [7, 11) is 1.77. The lowest BCUT2D eigenvalue weighted by atomic mass is 10.0. The van der Waals surface area contributed by atoms with Gasteiger partial charge in [0.25, 0.3) is 0 Å². The van der Waals surface area contributed by atoms with E-state index in [1.807, 2.05) is 36.4 Å². The lowest BCUT2D eigenvalue weighted by Gasteiger charge is -2.08. The Bertz CT molecular complexity index is 769. The Morgan fingerprint density at radius 2 is 1.90 bits per heavy atom. The van der Waals surface area contributed by atoms with Crippen molar-refractivity contribution in [2.45, 2.75) is 6.04 Å². The van der Waals surface area contributed by atoms with E-state index < -0.39 is 0 Å². The number of benzene rings is 2. The van der Waals surface area contributed by atoms with Gasteiger partial charge in [-0.3, -0.25) is 0 Å². The van der Waals surface area contributed by atoms with Gasteiger partial charge in [0, 0.05) is 16.5 Å². The summed E-state index contributed by atoms with van der Waals surface area (Å²) < 4.78 is 5.73. The van der Waals surface area contributed by atoms with Crippen LogP contribution in [0.5, 0.6) is 0 Å². The number of hydrogen-bond donors (Lipinski definition) is 1.